The lowest BCUT2D eigenvalue weighted by Gasteiger charge is -2.32. The summed E-state index contributed by atoms with van der Waals surface area (Å²) in [6.07, 6.45) is 2.48. The average molecular weight is 212 g/mol. The van der Waals surface area contributed by atoms with E-state index in [0.717, 1.165) is 0 Å². The molecule has 4 heteroatoms. The maximum absolute atomic E-state index is 2.47. The van der Waals surface area contributed by atoms with Gasteiger partial charge in [-0.3, -0.25) is 19.6 Å². The van der Waals surface area contributed by atoms with E-state index in [1.165, 1.54) is 32.6 Å². The number of rotatable bonds is 2. The molecule has 0 aliphatic carbocycles. The third-order valence-corrected chi connectivity index (χ3v) is 4.07. The molecule has 0 amide bonds. The van der Waals surface area contributed by atoms with Gasteiger partial charge in [-0.25, -0.2) is 0 Å². The highest BCUT2D eigenvalue weighted by Crippen LogP contribution is 2.21. The van der Waals surface area contributed by atoms with Crippen LogP contribution in [0.15, 0.2) is 0 Å². The Balaban J connectivity index is 1.95. The van der Waals surface area contributed by atoms with Gasteiger partial charge in [-0.05, 0) is 28.2 Å². The van der Waals surface area contributed by atoms with E-state index < -0.39 is 0 Å². The molecule has 0 atom stereocenters. The highest BCUT2D eigenvalue weighted by atomic mass is 15.4. The SMILES string of the molecule is CN1CCN(C)C1CC1N(C)CCN1C. The van der Waals surface area contributed by atoms with Crippen molar-refractivity contribution in [1.82, 2.24) is 19.6 Å². The maximum Gasteiger partial charge on any atom is 0.0646 e. The lowest BCUT2D eigenvalue weighted by atomic mass is 10.2. The predicted octanol–water partition coefficient (Wildman–Crippen LogP) is -0.217. The normalized spacial score (nSPS) is 29.6. The minimum Gasteiger partial charge on any atom is -0.290 e. The minimum atomic E-state index is 0.623. The fourth-order valence-electron chi connectivity index (χ4n) is 2.81. The predicted molar refractivity (Wildman–Crippen MR) is 62.7 cm³/mol. The summed E-state index contributed by atoms with van der Waals surface area (Å²) in [6.45, 7) is 4.84. The second kappa shape index (κ2) is 4.37. The van der Waals surface area contributed by atoms with Crippen molar-refractivity contribution < 1.29 is 0 Å². The smallest absolute Gasteiger partial charge is 0.0646 e. The Kier molecular flexibility index (Phi) is 3.30. The van der Waals surface area contributed by atoms with Gasteiger partial charge in [0.25, 0.3) is 0 Å². The zero-order valence-electron chi connectivity index (χ0n) is 10.5. The van der Waals surface area contributed by atoms with E-state index in [0.29, 0.717) is 12.3 Å². The van der Waals surface area contributed by atoms with Crippen molar-refractivity contribution >= 4 is 0 Å². The molecule has 0 aromatic heterocycles. The van der Waals surface area contributed by atoms with Crippen molar-refractivity contribution in [3.8, 4) is 0 Å². The first-order valence-corrected chi connectivity index (χ1v) is 5.90. The van der Waals surface area contributed by atoms with Crippen LogP contribution in [0.4, 0.5) is 0 Å². The van der Waals surface area contributed by atoms with Crippen molar-refractivity contribution in [1.29, 1.82) is 0 Å². The molecule has 2 aliphatic rings. The van der Waals surface area contributed by atoms with Crippen LogP contribution in [0.2, 0.25) is 0 Å². The van der Waals surface area contributed by atoms with Crippen LogP contribution in [0.3, 0.4) is 0 Å². The monoisotopic (exact) mass is 212 g/mol. The van der Waals surface area contributed by atoms with Crippen molar-refractivity contribution in [2.24, 2.45) is 0 Å². The van der Waals surface area contributed by atoms with E-state index in [2.05, 4.69) is 47.8 Å². The Bertz CT molecular complexity index is 179. The van der Waals surface area contributed by atoms with Gasteiger partial charge < -0.3 is 0 Å². The summed E-state index contributed by atoms with van der Waals surface area (Å²) in [6, 6.07) is 0. The molecule has 0 bridgehead atoms. The second-order valence-corrected chi connectivity index (χ2v) is 5.12. The van der Waals surface area contributed by atoms with Crippen LogP contribution in [0.5, 0.6) is 0 Å². The second-order valence-electron chi connectivity index (χ2n) is 5.12. The molecule has 2 heterocycles. The van der Waals surface area contributed by atoms with Gasteiger partial charge in [0, 0.05) is 32.6 Å². The van der Waals surface area contributed by atoms with Crippen LogP contribution in [0.1, 0.15) is 6.42 Å². The zero-order valence-corrected chi connectivity index (χ0v) is 10.5. The van der Waals surface area contributed by atoms with E-state index in [1.807, 2.05) is 0 Å². The summed E-state index contributed by atoms with van der Waals surface area (Å²) in [4.78, 5) is 9.89. The number of nitrogens with zero attached hydrogens (tertiary/aromatic N) is 4. The molecule has 0 spiro atoms. The topological polar surface area (TPSA) is 13.0 Å². The molecule has 88 valence electrons. The van der Waals surface area contributed by atoms with Gasteiger partial charge in [0.2, 0.25) is 0 Å². The molecule has 2 saturated heterocycles. The van der Waals surface area contributed by atoms with Crippen molar-refractivity contribution in [2.45, 2.75) is 18.8 Å². The molecule has 0 saturated carbocycles. The maximum atomic E-state index is 2.47. The molecule has 0 radical (unpaired) electrons. The first-order chi connectivity index (χ1) is 7.09. The third-order valence-electron chi connectivity index (χ3n) is 4.07. The van der Waals surface area contributed by atoms with Crippen LogP contribution >= 0.6 is 0 Å². The summed E-state index contributed by atoms with van der Waals surface area (Å²) in [5, 5.41) is 0. The van der Waals surface area contributed by atoms with Crippen LogP contribution in [-0.4, -0.2) is 86.3 Å². The highest BCUT2D eigenvalue weighted by molar-refractivity contribution is 4.85. The quantitative estimate of drug-likeness (QED) is 0.627. The van der Waals surface area contributed by atoms with E-state index in [9.17, 15) is 0 Å². The van der Waals surface area contributed by atoms with Crippen LogP contribution in [0, 0.1) is 0 Å². The van der Waals surface area contributed by atoms with Gasteiger partial charge in [0.15, 0.2) is 0 Å². The Labute approximate surface area is 93.4 Å². The molecule has 4 nitrogen and oxygen atoms in total. The van der Waals surface area contributed by atoms with Crippen molar-refractivity contribution in [3.63, 3.8) is 0 Å². The van der Waals surface area contributed by atoms with Gasteiger partial charge in [-0.15, -0.1) is 0 Å². The molecule has 0 N–H and O–H groups in total. The van der Waals surface area contributed by atoms with Crippen molar-refractivity contribution in [3.05, 3.63) is 0 Å². The molecule has 2 fully saturated rings. The highest BCUT2D eigenvalue weighted by Gasteiger charge is 2.34. The van der Waals surface area contributed by atoms with Crippen LogP contribution in [-0.2, 0) is 0 Å². The molecular formula is C11H24N4. The van der Waals surface area contributed by atoms with Gasteiger partial charge in [-0.1, -0.05) is 0 Å². The van der Waals surface area contributed by atoms with Crippen LogP contribution < -0.4 is 0 Å². The molecule has 2 rings (SSSR count). The molecule has 2 aliphatic heterocycles. The van der Waals surface area contributed by atoms with Gasteiger partial charge in [-0.2, -0.15) is 0 Å². The zero-order chi connectivity index (χ0) is 11.0. The molecule has 0 aromatic carbocycles. The minimum absolute atomic E-state index is 0.623. The molecule has 15 heavy (non-hydrogen) atoms. The Morgan fingerprint density at radius 1 is 0.667 bits per heavy atom. The third kappa shape index (κ3) is 2.18. The largest absolute Gasteiger partial charge is 0.290 e. The first-order valence-electron chi connectivity index (χ1n) is 5.90. The lowest BCUT2D eigenvalue weighted by Crippen LogP contribution is -2.44. The van der Waals surface area contributed by atoms with E-state index >= 15 is 0 Å². The van der Waals surface area contributed by atoms with Crippen LogP contribution in [0.25, 0.3) is 0 Å². The van der Waals surface area contributed by atoms with Crippen molar-refractivity contribution in [2.75, 3.05) is 54.4 Å². The average Bonchev–Trinajstić information content (AvgIpc) is 2.67. The molecule has 0 unspecified atom stereocenters. The number of hydrogen-bond donors (Lipinski definition) is 0. The number of hydrogen-bond acceptors (Lipinski definition) is 4. The molecule has 0 aromatic rings. The first kappa shape index (κ1) is 11.3. The van der Waals surface area contributed by atoms with Gasteiger partial charge in [0.05, 0.1) is 12.3 Å². The van der Waals surface area contributed by atoms with Gasteiger partial charge in [0.1, 0.15) is 0 Å². The summed E-state index contributed by atoms with van der Waals surface area (Å²) < 4.78 is 0. The summed E-state index contributed by atoms with van der Waals surface area (Å²) in [5.41, 5.74) is 0. The van der Waals surface area contributed by atoms with Gasteiger partial charge >= 0.3 is 0 Å². The summed E-state index contributed by atoms with van der Waals surface area (Å²) in [5.74, 6) is 0. The Morgan fingerprint density at radius 3 is 1.20 bits per heavy atom. The molecular weight excluding hydrogens is 188 g/mol. The number of likely N-dealkylation sites (N-methyl/N-ethyl adjacent to an activating group) is 4. The fraction of sp³-hybridized carbons (Fsp3) is 1.00. The summed E-state index contributed by atoms with van der Waals surface area (Å²) in [7, 11) is 8.96. The fourth-order valence-corrected chi connectivity index (χ4v) is 2.81. The summed E-state index contributed by atoms with van der Waals surface area (Å²) >= 11 is 0. The Hall–Kier alpha value is -0.160. The van der Waals surface area contributed by atoms with E-state index in [1.54, 1.807) is 0 Å². The van der Waals surface area contributed by atoms with E-state index in [-0.39, 0.29) is 0 Å². The van der Waals surface area contributed by atoms with E-state index in [4.69, 9.17) is 0 Å². The standard InChI is InChI=1S/C11H24N4/c1-12-5-6-13(2)10(12)9-11-14(3)7-8-15(11)4/h10-11H,5-9H2,1-4H3. The lowest BCUT2D eigenvalue weighted by molar-refractivity contribution is 0.0896. The Morgan fingerprint density at radius 2 is 0.933 bits per heavy atom.